The highest BCUT2D eigenvalue weighted by Gasteiger charge is 2.25. The second-order valence-electron chi connectivity index (χ2n) is 4.63. The summed E-state index contributed by atoms with van der Waals surface area (Å²) in [7, 11) is 0. The minimum Gasteiger partial charge on any atom is -0.342 e. The van der Waals surface area contributed by atoms with Crippen LogP contribution < -0.4 is 0 Å². The van der Waals surface area contributed by atoms with Gasteiger partial charge in [-0.25, -0.2) is 0 Å². The summed E-state index contributed by atoms with van der Waals surface area (Å²) in [4.78, 5) is 14.2. The molecule has 1 amide bonds. The lowest BCUT2D eigenvalue weighted by Crippen LogP contribution is -2.40. The van der Waals surface area contributed by atoms with Gasteiger partial charge < -0.3 is 4.90 Å². The van der Waals surface area contributed by atoms with Crippen molar-refractivity contribution in [2.45, 2.75) is 31.1 Å². The fourth-order valence-corrected chi connectivity index (χ4v) is 2.42. The molecule has 2 nitrogen and oxygen atoms in total. The van der Waals surface area contributed by atoms with E-state index in [2.05, 4.69) is 0 Å². The predicted octanol–water partition coefficient (Wildman–Crippen LogP) is 3.02. The number of amides is 1. The van der Waals surface area contributed by atoms with E-state index in [4.69, 9.17) is 11.6 Å². The van der Waals surface area contributed by atoms with E-state index in [-0.39, 0.29) is 17.2 Å². The van der Waals surface area contributed by atoms with E-state index >= 15 is 0 Å². The minimum absolute atomic E-state index is 0.0527. The average Bonchev–Trinajstić information content (AvgIpc) is 2.39. The van der Waals surface area contributed by atoms with Crippen molar-refractivity contribution in [1.82, 2.24) is 4.90 Å². The fraction of sp³-hybridized carbons (Fsp3) is 0.500. The van der Waals surface area contributed by atoms with Gasteiger partial charge >= 0.3 is 0 Å². The Morgan fingerprint density at radius 2 is 1.88 bits per heavy atom. The lowest BCUT2D eigenvalue weighted by Gasteiger charge is -2.31. The molecule has 1 aromatic rings. The zero-order valence-electron chi connectivity index (χ0n) is 10.1. The number of nitrogens with zero attached hydrogens (tertiary/aromatic N) is 1. The van der Waals surface area contributed by atoms with E-state index in [9.17, 15) is 4.79 Å². The van der Waals surface area contributed by atoms with Gasteiger partial charge in [-0.3, -0.25) is 4.79 Å². The summed E-state index contributed by atoms with van der Waals surface area (Å²) in [6.07, 6.45) is 1.82. The minimum atomic E-state index is -0.0527. The first-order valence-corrected chi connectivity index (χ1v) is 6.60. The molecule has 1 heterocycles. The lowest BCUT2D eigenvalue weighted by molar-refractivity contribution is -0.133. The molecule has 0 bridgehead atoms. The quantitative estimate of drug-likeness (QED) is 0.740. The van der Waals surface area contributed by atoms with Crippen molar-refractivity contribution in [2.75, 3.05) is 13.1 Å². The summed E-state index contributed by atoms with van der Waals surface area (Å²) in [6, 6.07) is 9.95. The van der Waals surface area contributed by atoms with Crippen LogP contribution in [0.25, 0.3) is 0 Å². The average molecular weight is 252 g/mol. The van der Waals surface area contributed by atoms with Gasteiger partial charge in [-0.2, -0.15) is 0 Å². The Balaban J connectivity index is 2.00. The number of piperidine rings is 1. The molecule has 1 unspecified atom stereocenters. The molecule has 0 aromatic heterocycles. The maximum Gasteiger partial charge on any atom is 0.229 e. The van der Waals surface area contributed by atoms with Crippen LogP contribution in [0, 0.1) is 0 Å². The van der Waals surface area contributed by atoms with Crippen molar-refractivity contribution in [1.29, 1.82) is 0 Å². The zero-order valence-corrected chi connectivity index (χ0v) is 10.9. The number of carbonyl (C=O) groups is 1. The molecule has 92 valence electrons. The lowest BCUT2D eigenvalue weighted by atomic mass is 9.98. The highest BCUT2D eigenvalue weighted by atomic mass is 35.5. The third kappa shape index (κ3) is 3.01. The molecule has 1 saturated heterocycles. The number of hydrogen-bond donors (Lipinski definition) is 0. The summed E-state index contributed by atoms with van der Waals surface area (Å²) < 4.78 is 0. The van der Waals surface area contributed by atoms with Crippen LogP contribution in [-0.2, 0) is 4.79 Å². The molecule has 0 spiro atoms. The van der Waals surface area contributed by atoms with Gasteiger partial charge in [-0.1, -0.05) is 30.3 Å². The molecular weight excluding hydrogens is 234 g/mol. The fourth-order valence-electron chi connectivity index (χ4n) is 2.23. The van der Waals surface area contributed by atoms with Crippen molar-refractivity contribution in [3.8, 4) is 0 Å². The maximum absolute atomic E-state index is 12.3. The van der Waals surface area contributed by atoms with Crippen molar-refractivity contribution < 1.29 is 4.79 Å². The summed E-state index contributed by atoms with van der Waals surface area (Å²) in [5.41, 5.74) is 1.09. The van der Waals surface area contributed by atoms with Crippen LogP contribution in [0.1, 0.15) is 31.2 Å². The van der Waals surface area contributed by atoms with Gasteiger partial charge in [-0.05, 0) is 25.3 Å². The first-order chi connectivity index (χ1) is 8.18. The summed E-state index contributed by atoms with van der Waals surface area (Å²) in [6.45, 7) is 3.57. The molecule has 1 atom stereocenters. The van der Waals surface area contributed by atoms with Crippen LogP contribution in [-0.4, -0.2) is 29.3 Å². The highest BCUT2D eigenvalue weighted by molar-refractivity contribution is 6.20. The number of alkyl halides is 1. The molecule has 0 saturated carbocycles. The van der Waals surface area contributed by atoms with Crippen molar-refractivity contribution in [2.24, 2.45) is 0 Å². The molecule has 17 heavy (non-hydrogen) atoms. The van der Waals surface area contributed by atoms with E-state index in [0.717, 1.165) is 31.5 Å². The Hall–Kier alpha value is -1.02. The second-order valence-corrected chi connectivity index (χ2v) is 5.25. The van der Waals surface area contributed by atoms with Gasteiger partial charge in [0, 0.05) is 18.5 Å². The zero-order chi connectivity index (χ0) is 12.3. The molecule has 1 fully saturated rings. The summed E-state index contributed by atoms with van der Waals surface area (Å²) in [5, 5.41) is 0.242. The number of carbonyl (C=O) groups excluding carboxylic acids is 1. The van der Waals surface area contributed by atoms with E-state index in [1.807, 2.05) is 42.2 Å². The molecular formula is C14H18ClNO. The summed E-state index contributed by atoms with van der Waals surface area (Å²) in [5.74, 6) is 0.169. The van der Waals surface area contributed by atoms with Gasteiger partial charge in [0.05, 0.1) is 5.92 Å². The topological polar surface area (TPSA) is 20.3 Å². The third-order valence-corrected chi connectivity index (χ3v) is 3.84. The van der Waals surface area contributed by atoms with Crippen molar-refractivity contribution in [3.05, 3.63) is 35.9 Å². The monoisotopic (exact) mass is 251 g/mol. The smallest absolute Gasteiger partial charge is 0.229 e. The van der Waals surface area contributed by atoms with Crippen LogP contribution in [0.5, 0.6) is 0 Å². The Morgan fingerprint density at radius 3 is 2.47 bits per heavy atom. The normalized spacial score (nSPS) is 19.1. The Morgan fingerprint density at radius 1 is 1.29 bits per heavy atom. The van der Waals surface area contributed by atoms with Crippen molar-refractivity contribution in [3.63, 3.8) is 0 Å². The second kappa shape index (κ2) is 5.54. The Labute approximate surface area is 108 Å². The highest BCUT2D eigenvalue weighted by Crippen LogP contribution is 2.22. The van der Waals surface area contributed by atoms with Crippen LogP contribution in [0.2, 0.25) is 0 Å². The molecule has 1 aliphatic heterocycles. The van der Waals surface area contributed by atoms with E-state index in [0.29, 0.717) is 0 Å². The molecule has 1 aliphatic rings. The van der Waals surface area contributed by atoms with Crippen molar-refractivity contribution >= 4 is 17.5 Å². The number of likely N-dealkylation sites (tertiary alicyclic amines) is 1. The molecule has 1 aromatic carbocycles. The molecule has 2 rings (SSSR count). The van der Waals surface area contributed by atoms with E-state index in [1.165, 1.54) is 0 Å². The SMILES string of the molecule is CC(C(=O)N1CCC(Cl)CC1)c1ccccc1. The predicted molar refractivity (Wildman–Crippen MR) is 70.3 cm³/mol. The summed E-state index contributed by atoms with van der Waals surface area (Å²) >= 11 is 6.05. The molecule has 3 heteroatoms. The largest absolute Gasteiger partial charge is 0.342 e. The third-order valence-electron chi connectivity index (χ3n) is 3.41. The van der Waals surface area contributed by atoms with Crippen LogP contribution >= 0.6 is 11.6 Å². The van der Waals surface area contributed by atoms with Gasteiger partial charge in [-0.15, -0.1) is 11.6 Å². The van der Waals surface area contributed by atoms with E-state index in [1.54, 1.807) is 0 Å². The molecule has 0 N–H and O–H groups in total. The number of halogens is 1. The standard InChI is InChI=1S/C14H18ClNO/c1-11(12-5-3-2-4-6-12)14(17)16-9-7-13(15)8-10-16/h2-6,11,13H,7-10H2,1H3. The first kappa shape index (κ1) is 12.4. The Kier molecular flexibility index (Phi) is 4.06. The number of benzene rings is 1. The van der Waals surface area contributed by atoms with Gasteiger partial charge in [0.1, 0.15) is 0 Å². The van der Waals surface area contributed by atoms with Gasteiger partial charge in [0.15, 0.2) is 0 Å². The van der Waals surface area contributed by atoms with Gasteiger partial charge in [0.25, 0.3) is 0 Å². The first-order valence-electron chi connectivity index (χ1n) is 6.16. The van der Waals surface area contributed by atoms with Crippen LogP contribution in [0.3, 0.4) is 0 Å². The molecule has 0 aliphatic carbocycles. The van der Waals surface area contributed by atoms with Crippen LogP contribution in [0.4, 0.5) is 0 Å². The van der Waals surface area contributed by atoms with Gasteiger partial charge in [0.2, 0.25) is 5.91 Å². The number of rotatable bonds is 2. The Bertz CT molecular complexity index is 371. The molecule has 0 radical (unpaired) electrons. The van der Waals surface area contributed by atoms with Crippen LogP contribution in [0.15, 0.2) is 30.3 Å². The van der Waals surface area contributed by atoms with E-state index < -0.39 is 0 Å². The maximum atomic E-state index is 12.3. The number of hydrogen-bond acceptors (Lipinski definition) is 1.